The monoisotopic (exact) mass is 139 g/mol. The molecule has 0 N–H and O–H groups in total. The van der Waals surface area contributed by atoms with Crippen LogP contribution in [-0.4, -0.2) is 7.11 Å². The van der Waals surface area contributed by atoms with Crippen molar-refractivity contribution >= 4 is 0 Å². The van der Waals surface area contributed by atoms with Crippen molar-refractivity contribution in [1.29, 1.82) is 0 Å². The van der Waals surface area contributed by atoms with Gasteiger partial charge in [0.2, 0.25) is 5.69 Å². The quantitative estimate of drug-likeness (QED) is 0.441. The first-order valence-corrected chi connectivity index (χ1v) is 3.00. The van der Waals surface area contributed by atoms with Crippen molar-refractivity contribution in [1.82, 2.24) is 0 Å². The molecule has 0 amide bonds. The topological polar surface area (TPSA) is 36.2 Å². The number of hydrogen-bond acceptors (Lipinski definition) is 2. The van der Waals surface area contributed by atoms with E-state index in [9.17, 15) is 5.21 Å². The average molecular weight is 139 g/mol. The van der Waals surface area contributed by atoms with Gasteiger partial charge in [0.15, 0.2) is 6.20 Å². The normalized spacial score (nSPS) is 9.70. The van der Waals surface area contributed by atoms with Crippen LogP contribution < -0.4 is 4.73 Å². The zero-order valence-corrected chi connectivity index (χ0v) is 5.78. The lowest BCUT2D eigenvalue weighted by Gasteiger charge is -2.00. The van der Waals surface area contributed by atoms with Gasteiger partial charge in [-0.3, -0.25) is 0 Å². The van der Waals surface area contributed by atoms with Crippen LogP contribution in [0.2, 0.25) is 0 Å². The Hall–Kier alpha value is -1.09. The molecule has 3 nitrogen and oxygen atoms in total. The van der Waals surface area contributed by atoms with Crippen molar-refractivity contribution in [2.75, 3.05) is 7.11 Å². The second kappa shape index (κ2) is 3.17. The molecule has 0 saturated heterocycles. The minimum absolute atomic E-state index is 0.365. The number of pyridine rings is 1. The Balaban J connectivity index is 2.81. The summed E-state index contributed by atoms with van der Waals surface area (Å²) in [6, 6.07) is 5.23. The second-order valence-electron chi connectivity index (χ2n) is 1.95. The molecule has 0 aromatic carbocycles. The third-order valence-corrected chi connectivity index (χ3v) is 1.20. The molecule has 0 aliphatic carbocycles. The summed E-state index contributed by atoms with van der Waals surface area (Å²) >= 11 is 0. The molecule has 10 heavy (non-hydrogen) atoms. The van der Waals surface area contributed by atoms with Gasteiger partial charge in [0.25, 0.3) is 0 Å². The molecule has 0 bridgehead atoms. The van der Waals surface area contributed by atoms with Crippen LogP contribution in [0.25, 0.3) is 0 Å². The Morgan fingerprint density at radius 2 is 2.40 bits per heavy atom. The summed E-state index contributed by atoms with van der Waals surface area (Å²) in [5.41, 5.74) is 0.630. The number of rotatable bonds is 2. The van der Waals surface area contributed by atoms with Crippen LogP contribution in [-0.2, 0) is 11.3 Å². The van der Waals surface area contributed by atoms with Gasteiger partial charge < -0.3 is 9.94 Å². The van der Waals surface area contributed by atoms with Crippen LogP contribution >= 0.6 is 0 Å². The van der Waals surface area contributed by atoms with E-state index in [2.05, 4.69) is 0 Å². The first-order chi connectivity index (χ1) is 4.84. The van der Waals surface area contributed by atoms with Crippen molar-refractivity contribution in [3.63, 3.8) is 0 Å². The van der Waals surface area contributed by atoms with Gasteiger partial charge >= 0.3 is 0 Å². The highest BCUT2D eigenvalue weighted by molar-refractivity contribution is 4.95. The van der Waals surface area contributed by atoms with E-state index >= 15 is 0 Å². The lowest BCUT2D eigenvalue weighted by molar-refractivity contribution is -0.616. The van der Waals surface area contributed by atoms with Crippen LogP contribution in [0.5, 0.6) is 0 Å². The standard InChI is InChI=1S/C7H9NO2/c1-10-6-7-4-2-3-5-8(7)9/h2-5H,6H2,1H3. The van der Waals surface area contributed by atoms with Crippen molar-refractivity contribution in [3.8, 4) is 0 Å². The Labute approximate surface area is 59.5 Å². The van der Waals surface area contributed by atoms with Gasteiger partial charge in [0.05, 0.1) is 0 Å². The lowest BCUT2D eigenvalue weighted by atomic mass is 10.4. The fourth-order valence-electron chi connectivity index (χ4n) is 0.723. The molecule has 1 heterocycles. The minimum atomic E-state index is 0.365. The number of ether oxygens (including phenoxy) is 1. The van der Waals surface area contributed by atoms with E-state index in [1.165, 1.54) is 6.20 Å². The number of nitrogens with zero attached hydrogens (tertiary/aromatic N) is 1. The zero-order valence-electron chi connectivity index (χ0n) is 5.78. The number of aromatic nitrogens is 1. The highest BCUT2D eigenvalue weighted by atomic mass is 16.5. The smallest absolute Gasteiger partial charge is 0.218 e. The van der Waals surface area contributed by atoms with Gasteiger partial charge in [-0.25, -0.2) is 0 Å². The molecule has 0 unspecified atom stereocenters. The van der Waals surface area contributed by atoms with Gasteiger partial charge in [-0.1, -0.05) is 0 Å². The molecule has 0 aliphatic rings. The van der Waals surface area contributed by atoms with E-state index in [-0.39, 0.29) is 0 Å². The van der Waals surface area contributed by atoms with E-state index in [0.717, 1.165) is 4.73 Å². The number of hydrogen-bond donors (Lipinski definition) is 0. The van der Waals surface area contributed by atoms with Crippen LogP contribution in [0, 0.1) is 5.21 Å². The van der Waals surface area contributed by atoms with Crippen molar-refractivity contribution in [2.24, 2.45) is 0 Å². The Morgan fingerprint density at radius 1 is 1.60 bits per heavy atom. The summed E-state index contributed by atoms with van der Waals surface area (Å²) in [6.45, 7) is 0.365. The lowest BCUT2D eigenvalue weighted by Crippen LogP contribution is -2.30. The molecule has 54 valence electrons. The van der Waals surface area contributed by atoms with Gasteiger partial charge in [0.1, 0.15) is 6.61 Å². The summed E-state index contributed by atoms with van der Waals surface area (Å²) in [5.74, 6) is 0. The zero-order chi connectivity index (χ0) is 7.40. The van der Waals surface area contributed by atoms with E-state index in [4.69, 9.17) is 4.74 Å². The predicted octanol–water partition coefficient (Wildman–Crippen LogP) is 0.466. The molecule has 0 saturated carbocycles. The molecular weight excluding hydrogens is 130 g/mol. The average Bonchev–Trinajstić information content (AvgIpc) is 1.94. The molecule has 0 fully saturated rings. The second-order valence-corrected chi connectivity index (χ2v) is 1.95. The minimum Gasteiger partial charge on any atom is -0.618 e. The van der Waals surface area contributed by atoms with Crippen LogP contribution in [0.4, 0.5) is 0 Å². The highest BCUT2D eigenvalue weighted by Gasteiger charge is 1.99. The molecule has 0 aliphatic heterocycles. The summed E-state index contributed by atoms with van der Waals surface area (Å²) in [7, 11) is 1.56. The third kappa shape index (κ3) is 1.45. The largest absolute Gasteiger partial charge is 0.618 e. The van der Waals surface area contributed by atoms with Crippen molar-refractivity contribution in [3.05, 3.63) is 35.3 Å². The summed E-state index contributed by atoms with van der Waals surface area (Å²) < 4.78 is 5.58. The Kier molecular flexibility index (Phi) is 2.23. The summed E-state index contributed by atoms with van der Waals surface area (Å²) in [6.07, 6.45) is 1.45. The molecule has 1 aromatic rings. The van der Waals surface area contributed by atoms with Gasteiger partial charge in [-0.2, -0.15) is 4.73 Å². The Bertz CT molecular complexity index is 213. The van der Waals surface area contributed by atoms with Crippen LogP contribution in [0.1, 0.15) is 5.69 Å². The molecular formula is C7H9NO2. The molecule has 0 atom stereocenters. The van der Waals surface area contributed by atoms with E-state index in [0.29, 0.717) is 12.3 Å². The predicted molar refractivity (Wildman–Crippen MR) is 36.1 cm³/mol. The fraction of sp³-hybridized carbons (Fsp3) is 0.286. The first kappa shape index (κ1) is 7.02. The molecule has 0 radical (unpaired) electrons. The highest BCUT2D eigenvalue weighted by Crippen LogP contribution is 1.91. The van der Waals surface area contributed by atoms with E-state index in [1.54, 1.807) is 19.2 Å². The maximum atomic E-state index is 10.8. The van der Waals surface area contributed by atoms with E-state index in [1.807, 2.05) is 6.07 Å². The molecule has 1 rings (SSSR count). The number of methoxy groups -OCH3 is 1. The third-order valence-electron chi connectivity index (χ3n) is 1.20. The SMILES string of the molecule is COCc1cccc[n+]1[O-]. The van der Waals surface area contributed by atoms with Crippen molar-refractivity contribution in [2.45, 2.75) is 6.61 Å². The maximum Gasteiger partial charge on any atom is 0.218 e. The van der Waals surface area contributed by atoms with Crippen LogP contribution in [0.15, 0.2) is 24.4 Å². The summed E-state index contributed by atoms with van der Waals surface area (Å²) in [4.78, 5) is 0. The maximum absolute atomic E-state index is 10.8. The van der Waals surface area contributed by atoms with Crippen molar-refractivity contribution < 1.29 is 9.47 Å². The summed E-state index contributed by atoms with van der Waals surface area (Å²) in [5, 5.41) is 10.8. The van der Waals surface area contributed by atoms with E-state index < -0.39 is 0 Å². The van der Waals surface area contributed by atoms with Crippen LogP contribution in [0.3, 0.4) is 0 Å². The Morgan fingerprint density at radius 3 is 3.00 bits per heavy atom. The van der Waals surface area contributed by atoms with Gasteiger partial charge in [-0.15, -0.1) is 0 Å². The van der Waals surface area contributed by atoms with Gasteiger partial charge in [-0.05, 0) is 6.07 Å². The fourth-order valence-corrected chi connectivity index (χ4v) is 0.723. The first-order valence-electron chi connectivity index (χ1n) is 3.00. The van der Waals surface area contributed by atoms with Gasteiger partial charge in [0, 0.05) is 19.2 Å². The molecule has 0 spiro atoms. The molecule has 1 aromatic heterocycles. The molecule has 3 heteroatoms.